The van der Waals surface area contributed by atoms with Crippen LogP contribution in [0.3, 0.4) is 0 Å². The minimum absolute atomic E-state index is 0.0353. The molecule has 6 nitrogen and oxygen atoms in total. The van der Waals surface area contributed by atoms with Crippen molar-refractivity contribution in [2.75, 3.05) is 32.8 Å². The van der Waals surface area contributed by atoms with Crippen LogP contribution in [0, 0.1) is 0 Å². The van der Waals surface area contributed by atoms with Crippen LogP contribution < -0.4 is 14.2 Å². The van der Waals surface area contributed by atoms with Crippen molar-refractivity contribution in [1.29, 1.82) is 0 Å². The number of fused-ring (bicyclic) bond motifs is 1. The lowest BCUT2D eigenvalue weighted by atomic mass is 10.1. The number of nitrogens with one attached hydrogen (secondary N) is 1. The van der Waals surface area contributed by atoms with Gasteiger partial charge in [0.15, 0.2) is 11.5 Å². The van der Waals surface area contributed by atoms with Crippen molar-refractivity contribution >= 4 is 10.0 Å². The van der Waals surface area contributed by atoms with Crippen molar-refractivity contribution in [3.05, 3.63) is 18.2 Å². The molecular formula is C15H22N2O4S. The topological polar surface area (TPSA) is 67.9 Å². The van der Waals surface area contributed by atoms with Gasteiger partial charge in [-0.05, 0) is 38.1 Å². The van der Waals surface area contributed by atoms with Crippen LogP contribution in [0.2, 0.25) is 0 Å². The number of likely N-dealkylation sites (N-methyl/N-ethyl adjacent to an activating group) is 1. The summed E-state index contributed by atoms with van der Waals surface area (Å²) in [4.78, 5) is 2.49. The molecule has 1 aromatic rings. The maximum atomic E-state index is 12.6. The Bertz CT molecular complexity index is 632. The molecule has 7 heteroatoms. The fourth-order valence-electron chi connectivity index (χ4n) is 2.92. The molecular weight excluding hydrogens is 304 g/mol. The molecule has 1 N–H and O–H groups in total. The van der Waals surface area contributed by atoms with Crippen molar-refractivity contribution < 1.29 is 17.9 Å². The van der Waals surface area contributed by atoms with Crippen molar-refractivity contribution in [3.63, 3.8) is 0 Å². The van der Waals surface area contributed by atoms with Gasteiger partial charge in [-0.15, -0.1) is 0 Å². The van der Waals surface area contributed by atoms with E-state index in [2.05, 4.69) is 16.5 Å². The number of piperidine rings is 1. The SMILES string of the molecule is CCN1CCCC(NS(=O)(=O)c2ccc3c(c2)OCCO3)C1. The molecule has 0 bridgehead atoms. The van der Waals surface area contributed by atoms with E-state index >= 15 is 0 Å². The highest BCUT2D eigenvalue weighted by Crippen LogP contribution is 2.32. The fraction of sp³-hybridized carbons (Fsp3) is 0.600. The van der Waals surface area contributed by atoms with E-state index in [0.29, 0.717) is 24.7 Å². The van der Waals surface area contributed by atoms with Crippen LogP contribution in [0.25, 0.3) is 0 Å². The third-order valence-corrected chi connectivity index (χ3v) is 5.62. The smallest absolute Gasteiger partial charge is 0.241 e. The number of hydrogen-bond acceptors (Lipinski definition) is 5. The van der Waals surface area contributed by atoms with Gasteiger partial charge in [0.2, 0.25) is 10.0 Å². The molecule has 0 amide bonds. The van der Waals surface area contributed by atoms with Gasteiger partial charge >= 0.3 is 0 Å². The summed E-state index contributed by atoms with van der Waals surface area (Å²) in [6, 6.07) is 4.72. The van der Waals surface area contributed by atoms with E-state index in [1.807, 2.05) is 0 Å². The first kappa shape index (κ1) is 15.6. The highest BCUT2D eigenvalue weighted by atomic mass is 32.2. The molecule has 0 spiro atoms. The Morgan fingerprint density at radius 2 is 2.05 bits per heavy atom. The molecule has 122 valence electrons. The predicted molar refractivity (Wildman–Crippen MR) is 82.9 cm³/mol. The van der Waals surface area contributed by atoms with Crippen molar-refractivity contribution in [1.82, 2.24) is 9.62 Å². The molecule has 2 aliphatic rings. The second kappa shape index (κ2) is 6.44. The molecule has 0 saturated carbocycles. The molecule has 22 heavy (non-hydrogen) atoms. The van der Waals surface area contributed by atoms with Crippen LogP contribution in [0.1, 0.15) is 19.8 Å². The summed E-state index contributed by atoms with van der Waals surface area (Å²) < 4.78 is 38.8. The van der Waals surface area contributed by atoms with E-state index in [4.69, 9.17) is 9.47 Å². The molecule has 2 aliphatic heterocycles. The molecule has 1 atom stereocenters. The van der Waals surface area contributed by atoms with E-state index in [1.54, 1.807) is 12.1 Å². The van der Waals surface area contributed by atoms with Crippen molar-refractivity contribution in [3.8, 4) is 11.5 Å². The summed E-state index contributed by atoms with van der Waals surface area (Å²) in [6.07, 6.45) is 1.89. The van der Waals surface area contributed by atoms with Gasteiger partial charge in [-0.3, -0.25) is 0 Å². The lowest BCUT2D eigenvalue weighted by Gasteiger charge is -2.32. The van der Waals surface area contributed by atoms with Gasteiger partial charge < -0.3 is 14.4 Å². The van der Waals surface area contributed by atoms with Gasteiger partial charge in [0.1, 0.15) is 13.2 Å². The summed E-state index contributed by atoms with van der Waals surface area (Å²) in [5, 5.41) is 0. The van der Waals surface area contributed by atoms with E-state index in [9.17, 15) is 8.42 Å². The average Bonchev–Trinajstić information content (AvgIpc) is 2.54. The zero-order chi connectivity index (χ0) is 15.6. The summed E-state index contributed by atoms with van der Waals surface area (Å²) in [5.74, 6) is 1.09. The van der Waals surface area contributed by atoms with Gasteiger partial charge in [-0.1, -0.05) is 6.92 Å². The lowest BCUT2D eigenvalue weighted by molar-refractivity contribution is 0.171. The molecule has 0 aromatic heterocycles. The minimum atomic E-state index is -3.54. The molecule has 3 rings (SSSR count). The molecule has 2 heterocycles. The van der Waals surface area contributed by atoms with E-state index in [0.717, 1.165) is 32.5 Å². The maximum Gasteiger partial charge on any atom is 0.241 e. The second-order valence-electron chi connectivity index (χ2n) is 5.66. The number of likely N-dealkylation sites (tertiary alicyclic amines) is 1. The minimum Gasteiger partial charge on any atom is -0.486 e. The molecule has 1 aromatic carbocycles. The van der Waals surface area contributed by atoms with E-state index in [-0.39, 0.29) is 10.9 Å². The van der Waals surface area contributed by atoms with Crippen LogP contribution in [0.15, 0.2) is 23.1 Å². The Morgan fingerprint density at radius 1 is 1.27 bits per heavy atom. The highest BCUT2D eigenvalue weighted by Gasteiger charge is 2.26. The van der Waals surface area contributed by atoms with Crippen LogP contribution in [-0.4, -0.2) is 52.2 Å². The van der Waals surface area contributed by atoms with Gasteiger partial charge in [0.05, 0.1) is 4.90 Å². The highest BCUT2D eigenvalue weighted by molar-refractivity contribution is 7.89. The summed E-state index contributed by atoms with van der Waals surface area (Å²) in [7, 11) is -3.54. The molecule has 0 radical (unpaired) electrons. The molecule has 1 fully saturated rings. The number of rotatable bonds is 4. The average molecular weight is 326 g/mol. The third kappa shape index (κ3) is 3.37. The zero-order valence-electron chi connectivity index (χ0n) is 12.7. The summed E-state index contributed by atoms with van der Waals surface area (Å²) in [5.41, 5.74) is 0. The number of ether oxygens (including phenoxy) is 2. The first-order chi connectivity index (χ1) is 10.6. The van der Waals surface area contributed by atoms with Crippen LogP contribution in [0.5, 0.6) is 11.5 Å². The number of sulfonamides is 1. The summed E-state index contributed by atoms with van der Waals surface area (Å²) in [6.45, 7) is 5.78. The first-order valence-corrected chi connectivity index (χ1v) is 9.21. The zero-order valence-corrected chi connectivity index (χ0v) is 13.6. The number of nitrogens with zero attached hydrogens (tertiary/aromatic N) is 1. The Balaban J connectivity index is 1.75. The Morgan fingerprint density at radius 3 is 2.82 bits per heavy atom. The lowest BCUT2D eigenvalue weighted by Crippen LogP contribution is -2.47. The Labute approximate surface area is 131 Å². The second-order valence-corrected chi connectivity index (χ2v) is 7.37. The van der Waals surface area contributed by atoms with Crippen molar-refractivity contribution in [2.24, 2.45) is 0 Å². The number of hydrogen-bond donors (Lipinski definition) is 1. The normalized spacial score (nSPS) is 22.5. The monoisotopic (exact) mass is 326 g/mol. The predicted octanol–water partition coefficient (Wildman–Crippen LogP) is 1.22. The fourth-order valence-corrected chi connectivity index (χ4v) is 4.19. The Kier molecular flexibility index (Phi) is 4.56. The first-order valence-electron chi connectivity index (χ1n) is 7.73. The van der Waals surface area contributed by atoms with Gasteiger partial charge in [0.25, 0.3) is 0 Å². The standard InChI is InChI=1S/C15H22N2O4S/c1-2-17-7-3-4-12(11-17)16-22(18,19)13-5-6-14-15(10-13)21-9-8-20-14/h5-6,10,12,16H,2-4,7-9,11H2,1H3. The molecule has 1 unspecified atom stereocenters. The maximum absolute atomic E-state index is 12.6. The number of benzene rings is 1. The third-order valence-electron chi connectivity index (χ3n) is 4.10. The molecule has 1 saturated heterocycles. The largest absolute Gasteiger partial charge is 0.486 e. The van der Waals surface area contributed by atoms with Gasteiger partial charge in [-0.25, -0.2) is 13.1 Å². The van der Waals surface area contributed by atoms with Gasteiger partial charge in [-0.2, -0.15) is 0 Å². The van der Waals surface area contributed by atoms with Crippen LogP contribution in [0.4, 0.5) is 0 Å². The quantitative estimate of drug-likeness (QED) is 0.901. The summed E-state index contributed by atoms with van der Waals surface area (Å²) >= 11 is 0. The molecule has 0 aliphatic carbocycles. The van der Waals surface area contributed by atoms with Crippen molar-refractivity contribution in [2.45, 2.75) is 30.7 Å². The van der Waals surface area contributed by atoms with E-state index in [1.165, 1.54) is 6.07 Å². The van der Waals surface area contributed by atoms with E-state index < -0.39 is 10.0 Å². The van der Waals surface area contributed by atoms with Crippen LogP contribution >= 0.6 is 0 Å². The van der Waals surface area contributed by atoms with Gasteiger partial charge in [0, 0.05) is 18.7 Å². The van der Waals surface area contributed by atoms with Crippen LogP contribution in [-0.2, 0) is 10.0 Å². The Hall–Kier alpha value is -1.31.